The molecule has 0 aromatic carbocycles. The molecule has 0 aliphatic rings. The van der Waals surface area contributed by atoms with Crippen molar-refractivity contribution in [2.75, 3.05) is 6.61 Å². The Bertz CT molecular complexity index is 555. The topological polar surface area (TPSA) is 60.7 Å². The van der Waals surface area contributed by atoms with Crippen LogP contribution >= 0.6 is 11.3 Å². The third kappa shape index (κ3) is 1.61. The Morgan fingerprint density at radius 3 is 2.94 bits per heavy atom. The van der Waals surface area contributed by atoms with Gasteiger partial charge < -0.3 is 4.74 Å². The third-order valence-electron chi connectivity index (χ3n) is 2.06. The minimum Gasteiger partial charge on any atom is -0.461 e. The van der Waals surface area contributed by atoms with Crippen molar-refractivity contribution in [1.29, 1.82) is 0 Å². The van der Waals surface area contributed by atoms with Gasteiger partial charge in [-0.15, -0.1) is 11.3 Å². The molecule has 0 atom stereocenters. The molecule has 0 saturated carbocycles. The molecule has 0 fully saturated rings. The molecule has 0 unspecified atom stereocenters. The third-order valence-corrected chi connectivity index (χ3v) is 2.82. The molecule has 6 heteroatoms. The first-order valence-electron chi connectivity index (χ1n) is 4.78. The lowest BCUT2D eigenvalue weighted by molar-refractivity contribution is 0.0517. The molecule has 0 bridgehead atoms. The summed E-state index contributed by atoms with van der Waals surface area (Å²) in [7, 11) is 0. The molecule has 84 valence electrons. The Morgan fingerprint density at radius 2 is 2.31 bits per heavy atom. The van der Waals surface area contributed by atoms with Crippen molar-refractivity contribution in [2.24, 2.45) is 0 Å². The number of fused-ring (bicyclic) bond motifs is 1. The average molecular weight is 238 g/mol. The highest BCUT2D eigenvalue weighted by atomic mass is 32.1. The number of carbonyl (C=O) groups is 2. The molecular formula is C10H10N2O3S. The number of hydrogen-bond donors (Lipinski definition) is 0. The number of ketones is 1. The summed E-state index contributed by atoms with van der Waals surface area (Å²) in [5, 5.41) is 1.81. The van der Waals surface area contributed by atoms with Crippen molar-refractivity contribution < 1.29 is 14.3 Å². The van der Waals surface area contributed by atoms with Crippen LogP contribution < -0.4 is 0 Å². The summed E-state index contributed by atoms with van der Waals surface area (Å²) in [4.78, 5) is 27.8. The second-order valence-electron chi connectivity index (χ2n) is 3.14. The molecule has 0 aliphatic carbocycles. The number of esters is 1. The number of rotatable bonds is 3. The summed E-state index contributed by atoms with van der Waals surface area (Å²) in [6, 6.07) is 0. The van der Waals surface area contributed by atoms with Crippen molar-refractivity contribution in [3.05, 3.63) is 23.0 Å². The minimum absolute atomic E-state index is 0.0983. The quantitative estimate of drug-likeness (QED) is 0.604. The van der Waals surface area contributed by atoms with E-state index in [0.717, 1.165) is 0 Å². The lowest BCUT2D eigenvalue weighted by Gasteiger charge is -2.00. The van der Waals surface area contributed by atoms with Crippen LogP contribution in [-0.2, 0) is 4.74 Å². The predicted octanol–water partition coefficient (Wildman–Crippen LogP) is 1.78. The zero-order valence-electron chi connectivity index (χ0n) is 8.89. The van der Waals surface area contributed by atoms with Crippen LogP contribution in [0.1, 0.15) is 34.8 Å². The summed E-state index contributed by atoms with van der Waals surface area (Å²) in [5.41, 5.74) is 0.385. The lowest BCUT2D eigenvalue weighted by atomic mass is 10.2. The maximum atomic E-state index is 11.6. The Morgan fingerprint density at radius 1 is 1.56 bits per heavy atom. The summed E-state index contributed by atoms with van der Waals surface area (Å²) in [6.07, 6.45) is 1.71. The molecule has 2 aromatic rings. The van der Waals surface area contributed by atoms with E-state index in [1.807, 2.05) is 5.38 Å². The van der Waals surface area contributed by atoms with Gasteiger partial charge in [-0.25, -0.2) is 9.78 Å². The molecule has 0 N–H and O–H groups in total. The second-order valence-corrected chi connectivity index (χ2v) is 4.01. The van der Waals surface area contributed by atoms with Gasteiger partial charge in [-0.3, -0.25) is 9.20 Å². The molecule has 2 heterocycles. The van der Waals surface area contributed by atoms with Gasteiger partial charge in [-0.05, 0) is 6.92 Å². The largest absolute Gasteiger partial charge is 0.461 e. The van der Waals surface area contributed by atoms with Gasteiger partial charge in [0.25, 0.3) is 0 Å². The van der Waals surface area contributed by atoms with Gasteiger partial charge in [-0.2, -0.15) is 0 Å². The number of carbonyl (C=O) groups excluding carboxylic acids is 2. The number of Topliss-reactive ketones (excluding diaryl/α,β-unsaturated/α-hetero) is 1. The van der Waals surface area contributed by atoms with Crippen LogP contribution in [0.2, 0.25) is 0 Å². The van der Waals surface area contributed by atoms with Crippen molar-refractivity contribution in [3.63, 3.8) is 0 Å². The first-order valence-corrected chi connectivity index (χ1v) is 5.66. The van der Waals surface area contributed by atoms with Crippen LogP contribution in [0.5, 0.6) is 0 Å². The maximum absolute atomic E-state index is 11.6. The zero-order chi connectivity index (χ0) is 11.7. The fourth-order valence-corrected chi connectivity index (χ4v) is 2.18. The Balaban J connectivity index is 2.59. The maximum Gasteiger partial charge on any atom is 0.359 e. The van der Waals surface area contributed by atoms with Crippen molar-refractivity contribution in [1.82, 2.24) is 9.38 Å². The molecular weight excluding hydrogens is 228 g/mol. The van der Waals surface area contributed by atoms with Crippen LogP contribution in [0.15, 0.2) is 11.6 Å². The van der Waals surface area contributed by atoms with E-state index in [-0.39, 0.29) is 23.8 Å². The highest BCUT2D eigenvalue weighted by Gasteiger charge is 2.23. The predicted molar refractivity (Wildman–Crippen MR) is 59.0 cm³/mol. The van der Waals surface area contributed by atoms with E-state index < -0.39 is 5.97 Å². The van der Waals surface area contributed by atoms with Crippen LogP contribution in [0.25, 0.3) is 4.96 Å². The van der Waals surface area contributed by atoms with Gasteiger partial charge in [0, 0.05) is 18.5 Å². The number of hydrogen-bond acceptors (Lipinski definition) is 5. The smallest absolute Gasteiger partial charge is 0.359 e. The highest BCUT2D eigenvalue weighted by molar-refractivity contribution is 7.15. The van der Waals surface area contributed by atoms with Gasteiger partial charge >= 0.3 is 5.97 Å². The van der Waals surface area contributed by atoms with Crippen LogP contribution in [0.4, 0.5) is 0 Å². The normalized spacial score (nSPS) is 10.6. The van der Waals surface area contributed by atoms with E-state index in [9.17, 15) is 9.59 Å². The first kappa shape index (κ1) is 10.8. The molecule has 2 rings (SSSR count). The van der Waals surface area contributed by atoms with Crippen molar-refractivity contribution in [2.45, 2.75) is 13.8 Å². The Hall–Kier alpha value is -1.69. The molecule has 0 aliphatic heterocycles. The summed E-state index contributed by atoms with van der Waals surface area (Å²) < 4.78 is 6.47. The van der Waals surface area contributed by atoms with E-state index in [0.29, 0.717) is 4.96 Å². The minimum atomic E-state index is -0.552. The van der Waals surface area contributed by atoms with E-state index >= 15 is 0 Å². The Labute approximate surface area is 95.7 Å². The number of imidazole rings is 1. The molecule has 5 nitrogen and oxygen atoms in total. The van der Waals surface area contributed by atoms with Gasteiger partial charge in [0.2, 0.25) is 0 Å². The van der Waals surface area contributed by atoms with E-state index in [1.165, 1.54) is 18.3 Å². The number of thiazole rings is 1. The van der Waals surface area contributed by atoms with Crippen LogP contribution in [0, 0.1) is 0 Å². The van der Waals surface area contributed by atoms with Crippen LogP contribution in [0.3, 0.4) is 0 Å². The molecule has 0 radical (unpaired) electrons. The SMILES string of the molecule is CCOC(=O)c1nc2sccn2c1C(C)=O. The second kappa shape index (κ2) is 4.05. The Kier molecular flexibility index (Phi) is 2.74. The average Bonchev–Trinajstić information content (AvgIpc) is 2.74. The van der Waals surface area contributed by atoms with Crippen molar-refractivity contribution >= 4 is 28.1 Å². The number of nitrogens with zero attached hydrogens (tertiary/aromatic N) is 2. The van der Waals surface area contributed by atoms with E-state index in [2.05, 4.69) is 4.98 Å². The van der Waals surface area contributed by atoms with Gasteiger partial charge in [0.1, 0.15) is 5.69 Å². The van der Waals surface area contributed by atoms with Gasteiger partial charge in [-0.1, -0.05) is 0 Å². The summed E-state index contributed by atoms with van der Waals surface area (Å²) in [5.74, 6) is -0.752. The number of aromatic nitrogens is 2. The van der Waals surface area contributed by atoms with Gasteiger partial charge in [0.05, 0.1) is 6.61 Å². The molecule has 16 heavy (non-hydrogen) atoms. The summed E-state index contributed by atoms with van der Waals surface area (Å²) >= 11 is 1.37. The molecule has 2 aromatic heterocycles. The molecule has 0 amide bonds. The number of ether oxygens (including phenoxy) is 1. The molecule has 0 saturated heterocycles. The van der Waals surface area contributed by atoms with E-state index in [1.54, 1.807) is 17.5 Å². The fourth-order valence-electron chi connectivity index (χ4n) is 1.46. The highest BCUT2D eigenvalue weighted by Crippen LogP contribution is 2.18. The van der Waals surface area contributed by atoms with Crippen LogP contribution in [-0.4, -0.2) is 27.7 Å². The molecule has 0 spiro atoms. The fraction of sp³-hybridized carbons (Fsp3) is 0.300. The standard InChI is InChI=1S/C10H10N2O3S/c1-3-15-9(14)7-8(6(2)13)12-4-5-16-10(12)11-7/h4-5H,3H2,1-2H3. The van der Waals surface area contributed by atoms with Crippen molar-refractivity contribution in [3.8, 4) is 0 Å². The lowest BCUT2D eigenvalue weighted by Crippen LogP contribution is -2.11. The monoisotopic (exact) mass is 238 g/mol. The van der Waals surface area contributed by atoms with Gasteiger partial charge in [0.15, 0.2) is 16.4 Å². The zero-order valence-corrected chi connectivity index (χ0v) is 9.71. The first-order chi connectivity index (χ1) is 7.65. The summed E-state index contributed by atoms with van der Waals surface area (Å²) in [6.45, 7) is 3.38. The van der Waals surface area contributed by atoms with E-state index in [4.69, 9.17) is 4.74 Å².